The monoisotopic (exact) mass is 242 g/mol. The second-order valence-electron chi connectivity index (χ2n) is 4.48. The number of nitrogens with two attached hydrogens (primary N) is 1. The minimum atomic E-state index is -0.251. The smallest absolute Gasteiger partial charge is 0.0524 e. The first-order valence-electron chi connectivity index (χ1n) is 5.68. The van der Waals surface area contributed by atoms with Gasteiger partial charge in [0.2, 0.25) is 0 Å². The van der Waals surface area contributed by atoms with Gasteiger partial charge in [-0.05, 0) is 49.7 Å². The molecule has 1 aromatic rings. The topological polar surface area (TPSA) is 49.5 Å². The normalized spacial score (nSPS) is 17.4. The fourth-order valence-corrected chi connectivity index (χ4v) is 2.62. The van der Waals surface area contributed by atoms with E-state index in [1.165, 1.54) is 5.56 Å². The Labute approximate surface area is 102 Å². The third-order valence-corrected chi connectivity index (χ3v) is 3.46. The van der Waals surface area contributed by atoms with Gasteiger partial charge in [-0.2, -0.15) is 11.3 Å². The maximum Gasteiger partial charge on any atom is 0.0524 e. The lowest BCUT2D eigenvalue weighted by Gasteiger charge is -2.31. The molecule has 0 fully saturated rings. The second-order valence-corrected chi connectivity index (χ2v) is 5.26. The molecule has 1 heterocycles. The second kappa shape index (κ2) is 6.35. The van der Waals surface area contributed by atoms with Gasteiger partial charge >= 0.3 is 0 Å². The third kappa shape index (κ3) is 3.87. The van der Waals surface area contributed by atoms with E-state index in [4.69, 9.17) is 5.73 Å². The molecule has 92 valence electrons. The van der Waals surface area contributed by atoms with Crippen LogP contribution in [-0.4, -0.2) is 35.7 Å². The molecule has 0 aliphatic rings. The average Bonchev–Trinajstić information content (AvgIpc) is 2.67. The van der Waals surface area contributed by atoms with E-state index in [2.05, 4.69) is 28.8 Å². The molecule has 3 atom stereocenters. The Bertz CT molecular complexity index is 285. The van der Waals surface area contributed by atoms with E-state index >= 15 is 0 Å². The Morgan fingerprint density at radius 3 is 2.62 bits per heavy atom. The zero-order chi connectivity index (χ0) is 12.1. The molecular formula is C12H22N2OS. The molecule has 0 spiro atoms. The summed E-state index contributed by atoms with van der Waals surface area (Å²) in [4.78, 5) is 2.22. The highest BCUT2D eigenvalue weighted by Gasteiger charge is 2.21. The summed E-state index contributed by atoms with van der Waals surface area (Å²) in [5, 5.41) is 13.5. The zero-order valence-corrected chi connectivity index (χ0v) is 11.1. The fourth-order valence-electron chi connectivity index (χ4n) is 1.93. The van der Waals surface area contributed by atoms with Crippen molar-refractivity contribution in [2.75, 3.05) is 13.6 Å². The lowest BCUT2D eigenvalue weighted by atomic mass is 10.0. The van der Waals surface area contributed by atoms with Crippen LogP contribution in [0.1, 0.15) is 31.9 Å². The molecule has 3 N–H and O–H groups in total. The molecular weight excluding hydrogens is 220 g/mol. The lowest BCUT2D eigenvalue weighted by molar-refractivity contribution is 0.143. The van der Waals surface area contributed by atoms with Crippen LogP contribution >= 0.6 is 11.3 Å². The first-order chi connectivity index (χ1) is 7.52. The Kier molecular flexibility index (Phi) is 5.41. The Morgan fingerprint density at radius 2 is 2.19 bits per heavy atom. The van der Waals surface area contributed by atoms with E-state index in [1.807, 2.05) is 13.8 Å². The van der Waals surface area contributed by atoms with Gasteiger partial charge in [-0.1, -0.05) is 0 Å². The molecule has 4 heteroatoms. The number of rotatable bonds is 6. The summed E-state index contributed by atoms with van der Waals surface area (Å²) in [5.41, 5.74) is 7.31. The van der Waals surface area contributed by atoms with Gasteiger partial charge < -0.3 is 10.8 Å². The highest BCUT2D eigenvalue weighted by molar-refractivity contribution is 7.07. The number of hydrogen-bond donors (Lipinski definition) is 2. The summed E-state index contributed by atoms with van der Waals surface area (Å²) >= 11 is 1.70. The first kappa shape index (κ1) is 13.6. The molecule has 0 aromatic carbocycles. The Hall–Kier alpha value is -0.420. The fraction of sp³-hybridized carbons (Fsp3) is 0.667. The number of likely N-dealkylation sites (N-methyl/N-ethyl adjacent to an activating group) is 1. The molecule has 0 aliphatic carbocycles. The summed E-state index contributed by atoms with van der Waals surface area (Å²) in [7, 11) is 2.06. The predicted octanol–water partition coefficient (Wildman–Crippen LogP) is 1.84. The van der Waals surface area contributed by atoms with Gasteiger partial charge in [-0.3, -0.25) is 4.90 Å². The molecule has 0 radical (unpaired) electrons. The number of aliphatic hydroxyl groups excluding tert-OH is 1. The number of thiophene rings is 1. The molecule has 0 saturated heterocycles. The number of nitrogens with zero attached hydrogens (tertiary/aromatic N) is 1. The highest BCUT2D eigenvalue weighted by atomic mass is 32.1. The minimum absolute atomic E-state index is 0.0913. The van der Waals surface area contributed by atoms with Crippen LogP contribution in [0.15, 0.2) is 16.8 Å². The van der Waals surface area contributed by atoms with Gasteiger partial charge in [0.25, 0.3) is 0 Å². The maximum atomic E-state index is 9.30. The van der Waals surface area contributed by atoms with Gasteiger partial charge in [-0.15, -0.1) is 0 Å². The van der Waals surface area contributed by atoms with Crippen molar-refractivity contribution in [3.63, 3.8) is 0 Å². The molecule has 16 heavy (non-hydrogen) atoms. The van der Waals surface area contributed by atoms with Crippen molar-refractivity contribution in [3.05, 3.63) is 22.4 Å². The Morgan fingerprint density at radius 1 is 1.50 bits per heavy atom. The van der Waals surface area contributed by atoms with Crippen molar-refractivity contribution in [1.29, 1.82) is 0 Å². The Balaban J connectivity index is 2.64. The standard InChI is InChI=1S/C12H22N2OS/c1-9(15)4-6-14(3)12(10(2)13)11-5-7-16-8-11/h5,7-10,12,15H,4,6,13H2,1-3H3. The van der Waals surface area contributed by atoms with Crippen molar-refractivity contribution in [1.82, 2.24) is 4.90 Å². The van der Waals surface area contributed by atoms with Crippen molar-refractivity contribution in [2.24, 2.45) is 5.73 Å². The van der Waals surface area contributed by atoms with Crippen molar-refractivity contribution in [2.45, 2.75) is 38.5 Å². The molecule has 0 aliphatic heterocycles. The van der Waals surface area contributed by atoms with E-state index in [1.54, 1.807) is 11.3 Å². The molecule has 0 bridgehead atoms. The average molecular weight is 242 g/mol. The summed E-state index contributed by atoms with van der Waals surface area (Å²) in [5.74, 6) is 0. The van der Waals surface area contributed by atoms with Crippen LogP contribution in [0, 0.1) is 0 Å². The summed E-state index contributed by atoms with van der Waals surface area (Å²) in [6.07, 6.45) is 0.530. The molecule has 1 aromatic heterocycles. The molecule has 3 unspecified atom stereocenters. The van der Waals surface area contributed by atoms with Crippen molar-refractivity contribution < 1.29 is 5.11 Å². The van der Waals surface area contributed by atoms with Gasteiger partial charge in [-0.25, -0.2) is 0 Å². The lowest BCUT2D eigenvalue weighted by Crippen LogP contribution is -2.38. The van der Waals surface area contributed by atoms with Gasteiger partial charge in [0.15, 0.2) is 0 Å². The number of hydrogen-bond acceptors (Lipinski definition) is 4. The molecule has 0 saturated carbocycles. The highest BCUT2D eigenvalue weighted by Crippen LogP contribution is 2.24. The quantitative estimate of drug-likeness (QED) is 0.800. The van der Waals surface area contributed by atoms with Crippen LogP contribution in [0.4, 0.5) is 0 Å². The van der Waals surface area contributed by atoms with Gasteiger partial charge in [0.1, 0.15) is 0 Å². The van der Waals surface area contributed by atoms with Crippen LogP contribution in [0.25, 0.3) is 0 Å². The first-order valence-corrected chi connectivity index (χ1v) is 6.62. The van der Waals surface area contributed by atoms with E-state index in [-0.39, 0.29) is 18.2 Å². The van der Waals surface area contributed by atoms with E-state index in [0.29, 0.717) is 0 Å². The van der Waals surface area contributed by atoms with Gasteiger partial charge in [0, 0.05) is 12.6 Å². The van der Waals surface area contributed by atoms with Crippen LogP contribution in [0.2, 0.25) is 0 Å². The van der Waals surface area contributed by atoms with Crippen molar-refractivity contribution >= 4 is 11.3 Å². The van der Waals surface area contributed by atoms with Crippen molar-refractivity contribution in [3.8, 4) is 0 Å². The molecule has 1 rings (SSSR count). The van der Waals surface area contributed by atoms with Crippen LogP contribution in [-0.2, 0) is 0 Å². The summed E-state index contributed by atoms with van der Waals surface area (Å²) in [6.45, 7) is 4.71. The van der Waals surface area contributed by atoms with Crippen LogP contribution < -0.4 is 5.73 Å². The van der Waals surface area contributed by atoms with E-state index in [9.17, 15) is 5.11 Å². The van der Waals surface area contributed by atoms with E-state index in [0.717, 1.165) is 13.0 Å². The predicted molar refractivity (Wildman–Crippen MR) is 69.6 cm³/mol. The largest absolute Gasteiger partial charge is 0.393 e. The third-order valence-electron chi connectivity index (χ3n) is 2.76. The number of aliphatic hydroxyl groups is 1. The van der Waals surface area contributed by atoms with Crippen LogP contribution in [0.5, 0.6) is 0 Å². The molecule has 0 amide bonds. The SMILES string of the molecule is CC(O)CCN(C)C(c1ccsc1)C(C)N. The van der Waals surface area contributed by atoms with Gasteiger partial charge in [0.05, 0.1) is 12.1 Å². The van der Waals surface area contributed by atoms with E-state index < -0.39 is 0 Å². The zero-order valence-electron chi connectivity index (χ0n) is 10.3. The minimum Gasteiger partial charge on any atom is -0.393 e. The summed E-state index contributed by atoms with van der Waals surface area (Å²) in [6, 6.07) is 2.45. The molecule has 3 nitrogen and oxygen atoms in total. The summed E-state index contributed by atoms with van der Waals surface area (Å²) < 4.78 is 0. The van der Waals surface area contributed by atoms with Crippen LogP contribution in [0.3, 0.4) is 0 Å². The maximum absolute atomic E-state index is 9.30.